The summed E-state index contributed by atoms with van der Waals surface area (Å²) in [5, 5.41) is 20.7. The topological polar surface area (TPSA) is 122 Å². The van der Waals surface area contributed by atoms with Crippen LogP contribution in [-0.4, -0.2) is 32.5 Å². The Balaban J connectivity index is 1.70. The number of nitrogens with one attached hydrogen (secondary N) is 2. The summed E-state index contributed by atoms with van der Waals surface area (Å²) in [4.78, 5) is 0. The van der Waals surface area contributed by atoms with E-state index in [1.54, 1.807) is 36.7 Å². The molecule has 1 aliphatic heterocycles. The molecule has 29 heavy (non-hydrogen) atoms. The number of nitrogens with two attached hydrogens (primary N) is 2. The monoisotopic (exact) mass is 397 g/mol. The normalized spacial score (nSPS) is 19.9. The van der Waals surface area contributed by atoms with Crippen molar-refractivity contribution in [1.82, 2.24) is 15.5 Å². The Morgan fingerprint density at radius 3 is 2.41 bits per heavy atom. The molecule has 0 amide bonds. The quantitative estimate of drug-likeness (QED) is 0.390. The van der Waals surface area contributed by atoms with Gasteiger partial charge in [0.25, 0.3) is 0 Å². The van der Waals surface area contributed by atoms with Crippen LogP contribution in [0.5, 0.6) is 5.75 Å². The molecule has 0 atom stereocenters. The van der Waals surface area contributed by atoms with Crippen LogP contribution >= 0.6 is 0 Å². The Kier molecular flexibility index (Phi) is 5.61. The van der Waals surface area contributed by atoms with Gasteiger partial charge in [-0.2, -0.15) is 5.10 Å². The molecule has 7 N–H and O–H groups in total. The third-order valence-electron chi connectivity index (χ3n) is 5.02. The van der Waals surface area contributed by atoms with Crippen molar-refractivity contribution in [2.45, 2.75) is 57.7 Å². The van der Waals surface area contributed by atoms with Crippen LogP contribution in [0.3, 0.4) is 0 Å². The molecule has 0 unspecified atom stereocenters. The molecule has 0 bridgehead atoms. The highest BCUT2D eigenvalue weighted by atomic mass is 16.5. The van der Waals surface area contributed by atoms with Crippen LogP contribution in [0, 0.1) is 0 Å². The SMILES string of the molecule is CC1(C)CC(O/C(N)=C/C=C(\N)c2ccc(-c3cn[nH]c3)cc2O)CC(C)(C)N1. The average molecular weight is 398 g/mol. The highest BCUT2D eigenvalue weighted by Crippen LogP contribution is 2.31. The molecule has 7 nitrogen and oxygen atoms in total. The number of hydrogen-bond acceptors (Lipinski definition) is 6. The standard InChI is InChI=1S/C22H31N5O2/c1-21(2)10-16(11-22(3,4)27-21)29-20(24)8-7-18(23)17-6-5-14(9-19(17)28)15-12-25-26-13-15/h5-9,12-13,16,27-28H,10-11,23-24H2,1-4H3,(H,25,26)/b18-7-,20-8+. The van der Waals surface area contributed by atoms with E-state index in [0.29, 0.717) is 17.1 Å². The number of phenolic OH excluding ortho intramolecular Hbond substituents is 1. The van der Waals surface area contributed by atoms with E-state index in [9.17, 15) is 5.11 Å². The van der Waals surface area contributed by atoms with Gasteiger partial charge < -0.3 is 26.6 Å². The largest absolute Gasteiger partial charge is 0.507 e. The Hall–Kier alpha value is -2.93. The van der Waals surface area contributed by atoms with Crippen molar-refractivity contribution in [2.75, 3.05) is 0 Å². The lowest BCUT2D eigenvalue weighted by Crippen LogP contribution is -2.59. The maximum Gasteiger partial charge on any atom is 0.184 e. The minimum absolute atomic E-state index is 0.0229. The van der Waals surface area contributed by atoms with E-state index in [0.717, 1.165) is 24.0 Å². The van der Waals surface area contributed by atoms with E-state index in [2.05, 4.69) is 43.2 Å². The van der Waals surface area contributed by atoms with E-state index in [-0.39, 0.29) is 22.9 Å². The summed E-state index contributed by atoms with van der Waals surface area (Å²) < 4.78 is 5.97. The van der Waals surface area contributed by atoms with Crippen molar-refractivity contribution in [1.29, 1.82) is 0 Å². The lowest BCUT2D eigenvalue weighted by molar-refractivity contribution is 0.0130. The third kappa shape index (κ3) is 5.32. The number of aromatic hydroxyl groups is 1. The number of aromatic nitrogens is 2. The second-order valence-corrected chi connectivity index (χ2v) is 8.95. The van der Waals surface area contributed by atoms with Crippen molar-refractivity contribution < 1.29 is 9.84 Å². The average Bonchev–Trinajstić information content (AvgIpc) is 3.11. The molecule has 0 spiro atoms. The molecule has 0 saturated carbocycles. The lowest BCUT2D eigenvalue weighted by Gasteiger charge is -2.46. The summed E-state index contributed by atoms with van der Waals surface area (Å²) in [5.41, 5.74) is 14.9. The van der Waals surface area contributed by atoms with Gasteiger partial charge in [0.2, 0.25) is 0 Å². The first-order chi connectivity index (χ1) is 13.5. The molecular formula is C22H31N5O2. The van der Waals surface area contributed by atoms with Gasteiger partial charge >= 0.3 is 0 Å². The van der Waals surface area contributed by atoms with Crippen molar-refractivity contribution >= 4 is 5.70 Å². The number of hydrogen-bond donors (Lipinski definition) is 5. The highest BCUT2D eigenvalue weighted by Gasteiger charge is 2.38. The fraction of sp³-hybridized carbons (Fsp3) is 0.409. The molecule has 156 valence electrons. The molecule has 2 aromatic rings. The summed E-state index contributed by atoms with van der Waals surface area (Å²) in [6.07, 6.45) is 8.49. The van der Waals surface area contributed by atoms with Crippen molar-refractivity contribution in [3.05, 3.63) is 54.2 Å². The third-order valence-corrected chi connectivity index (χ3v) is 5.02. The van der Waals surface area contributed by atoms with E-state index in [1.807, 2.05) is 6.07 Å². The van der Waals surface area contributed by atoms with Crippen LogP contribution in [0.25, 0.3) is 16.8 Å². The van der Waals surface area contributed by atoms with Crippen LogP contribution in [-0.2, 0) is 4.74 Å². The lowest BCUT2D eigenvalue weighted by atomic mass is 9.81. The molecule has 1 aromatic carbocycles. The summed E-state index contributed by atoms with van der Waals surface area (Å²) in [7, 11) is 0. The first-order valence-electron chi connectivity index (χ1n) is 9.76. The van der Waals surface area contributed by atoms with Gasteiger partial charge in [-0.1, -0.05) is 6.07 Å². The minimum atomic E-state index is -0.0237. The molecule has 3 rings (SSSR count). The van der Waals surface area contributed by atoms with Gasteiger partial charge in [0, 0.05) is 46.9 Å². The maximum atomic E-state index is 10.4. The number of piperidine rings is 1. The number of ether oxygens (including phenoxy) is 1. The first-order valence-corrected chi connectivity index (χ1v) is 9.76. The maximum absolute atomic E-state index is 10.4. The predicted octanol–water partition coefficient (Wildman–Crippen LogP) is 3.21. The van der Waals surface area contributed by atoms with Crippen LogP contribution in [0.15, 0.2) is 48.6 Å². The number of H-pyrrole nitrogens is 1. The molecule has 2 heterocycles. The van der Waals surface area contributed by atoms with Gasteiger partial charge in [0.1, 0.15) is 11.9 Å². The van der Waals surface area contributed by atoms with E-state index >= 15 is 0 Å². The Morgan fingerprint density at radius 2 is 1.83 bits per heavy atom. The van der Waals surface area contributed by atoms with Crippen molar-refractivity contribution in [2.24, 2.45) is 11.5 Å². The smallest absolute Gasteiger partial charge is 0.184 e. The summed E-state index contributed by atoms with van der Waals surface area (Å²) in [6, 6.07) is 5.30. The van der Waals surface area contributed by atoms with E-state index in [4.69, 9.17) is 16.2 Å². The van der Waals surface area contributed by atoms with Crippen LogP contribution in [0.2, 0.25) is 0 Å². The van der Waals surface area contributed by atoms with Gasteiger partial charge in [-0.25, -0.2) is 0 Å². The van der Waals surface area contributed by atoms with Gasteiger partial charge in [-0.15, -0.1) is 0 Å². The molecule has 1 aromatic heterocycles. The Labute approximate surface area is 171 Å². The zero-order valence-corrected chi connectivity index (χ0v) is 17.5. The van der Waals surface area contributed by atoms with Gasteiger partial charge in [-0.05, 0) is 57.5 Å². The van der Waals surface area contributed by atoms with Gasteiger partial charge in [-0.3, -0.25) is 5.10 Å². The second kappa shape index (κ2) is 7.83. The molecule has 7 heteroatoms. The molecule has 1 saturated heterocycles. The highest BCUT2D eigenvalue weighted by molar-refractivity contribution is 5.74. The number of rotatable bonds is 5. The molecule has 0 radical (unpaired) electrons. The van der Waals surface area contributed by atoms with E-state index in [1.165, 1.54) is 0 Å². The van der Waals surface area contributed by atoms with Gasteiger partial charge in [0.15, 0.2) is 5.88 Å². The Bertz CT molecular complexity index is 897. The predicted molar refractivity (Wildman–Crippen MR) is 116 cm³/mol. The number of nitrogens with zero attached hydrogens (tertiary/aromatic N) is 1. The Morgan fingerprint density at radius 1 is 1.14 bits per heavy atom. The molecule has 1 aliphatic rings. The van der Waals surface area contributed by atoms with Crippen LogP contribution < -0.4 is 16.8 Å². The second-order valence-electron chi connectivity index (χ2n) is 8.95. The molecule has 0 aliphatic carbocycles. The number of phenols is 1. The number of allylic oxidation sites excluding steroid dienone is 2. The van der Waals surface area contributed by atoms with Crippen molar-refractivity contribution in [3.63, 3.8) is 0 Å². The number of benzene rings is 1. The fourth-order valence-corrected chi connectivity index (χ4v) is 4.17. The van der Waals surface area contributed by atoms with Gasteiger partial charge in [0.05, 0.1) is 6.20 Å². The first kappa shape index (κ1) is 20.8. The summed E-state index contributed by atoms with van der Waals surface area (Å²) in [5.74, 6) is 0.396. The minimum Gasteiger partial charge on any atom is -0.507 e. The summed E-state index contributed by atoms with van der Waals surface area (Å²) in [6.45, 7) is 8.66. The zero-order valence-electron chi connectivity index (χ0n) is 17.5. The zero-order chi connectivity index (χ0) is 21.2. The summed E-state index contributed by atoms with van der Waals surface area (Å²) >= 11 is 0. The number of aromatic amines is 1. The fourth-order valence-electron chi connectivity index (χ4n) is 4.17. The molecule has 1 fully saturated rings. The molecular weight excluding hydrogens is 366 g/mol. The van der Waals surface area contributed by atoms with E-state index < -0.39 is 0 Å². The van der Waals surface area contributed by atoms with Crippen LogP contribution in [0.1, 0.15) is 46.1 Å². The van der Waals surface area contributed by atoms with Crippen LogP contribution in [0.4, 0.5) is 0 Å². The van der Waals surface area contributed by atoms with Crippen molar-refractivity contribution in [3.8, 4) is 16.9 Å².